The van der Waals surface area contributed by atoms with Gasteiger partial charge in [-0.2, -0.15) is 5.26 Å². The quantitative estimate of drug-likeness (QED) is 0.159. The highest BCUT2D eigenvalue weighted by Gasteiger charge is 2.45. The van der Waals surface area contributed by atoms with Crippen molar-refractivity contribution in [1.29, 1.82) is 5.26 Å². The lowest BCUT2D eigenvalue weighted by molar-refractivity contribution is 0.0780. The number of hydrogen-bond acceptors (Lipinski definition) is 4. The molecule has 0 radical (unpaired) electrons. The number of fused-ring (bicyclic) bond motifs is 5. The molecule has 1 heterocycles. The molecule has 276 valence electrons. The van der Waals surface area contributed by atoms with Crippen molar-refractivity contribution in [2.75, 3.05) is 0 Å². The van der Waals surface area contributed by atoms with E-state index in [9.17, 15) is 5.26 Å². The third kappa shape index (κ3) is 6.58. The number of nitrogens with zero attached hydrogens (tertiary/aromatic N) is 4. The Morgan fingerprint density at radius 1 is 0.491 bits per heavy atom. The van der Waals surface area contributed by atoms with Gasteiger partial charge in [0.2, 0.25) is 0 Å². The molecule has 2 aliphatic carbocycles. The topological polar surface area (TPSA) is 62.5 Å². The van der Waals surface area contributed by atoms with Gasteiger partial charge in [0, 0.05) is 16.7 Å². The molecule has 2 bridgehead atoms. The molecule has 0 spiro atoms. The predicted molar refractivity (Wildman–Crippen MR) is 233 cm³/mol. The minimum Gasteiger partial charge on any atom is -0.208 e. The lowest BCUT2D eigenvalue weighted by atomic mass is 9.54. The first kappa shape index (κ1) is 35.0. The zero-order valence-electron chi connectivity index (χ0n) is 32.5. The standard InChI is InChI=1S/C53H44N4/c1-34-27-37-28-35(2)31-53(30-34,32-37)45-25-23-39(24-26-45)38-15-19-42(20-16-38)51-55-50(41-13-11-36(33-54)12-14-41)56-52(57-51)43-21-17-40(18-22-43)49-29-44-7-3-4-8-46(44)47-9-5-6-10-48(47)49/h3-26,29,34-35,37H,27-28,30-32H2,1-2H3/t34-,35+,37-,53?. The summed E-state index contributed by atoms with van der Waals surface area (Å²) in [6.45, 7) is 4.92. The van der Waals surface area contributed by atoms with E-state index in [1.807, 2.05) is 24.3 Å². The number of benzene rings is 7. The van der Waals surface area contributed by atoms with Crippen molar-refractivity contribution >= 4 is 21.5 Å². The third-order valence-corrected chi connectivity index (χ3v) is 12.7. The first-order valence-corrected chi connectivity index (χ1v) is 20.4. The fourth-order valence-corrected chi connectivity index (χ4v) is 10.4. The fraction of sp³-hybridized carbons (Fsp3) is 0.208. The van der Waals surface area contributed by atoms with Crippen molar-refractivity contribution in [1.82, 2.24) is 15.0 Å². The van der Waals surface area contributed by atoms with Gasteiger partial charge in [-0.05, 0) is 135 Å². The Bertz CT molecular complexity index is 2780. The number of rotatable bonds is 6. The third-order valence-electron chi connectivity index (χ3n) is 12.7. The van der Waals surface area contributed by atoms with Gasteiger partial charge in [0.25, 0.3) is 0 Å². The fourth-order valence-electron chi connectivity index (χ4n) is 10.4. The van der Waals surface area contributed by atoms with Gasteiger partial charge in [-0.25, -0.2) is 15.0 Å². The van der Waals surface area contributed by atoms with Crippen LogP contribution >= 0.6 is 0 Å². The van der Waals surface area contributed by atoms with Crippen LogP contribution in [-0.2, 0) is 5.41 Å². The molecule has 57 heavy (non-hydrogen) atoms. The van der Waals surface area contributed by atoms with Gasteiger partial charge in [0.15, 0.2) is 17.5 Å². The summed E-state index contributed by atoms with van der Waals surface area (Å²) in [6.07, 6.45) is 6.76. The van der Waals surface area contributed by atoms with Crippen LogP contribution in [-0.4, -0.2) is 15.0 Å². The van der Waals surface area contributed by atoms with E-state index in [0.29, 0.717) is 28.5 Å². The second-order valence-electron chi connectivity index (χ2n) is 16.9. The Morgan fingerprint density at radius 2 is 0.947 bits per heavy atom. The summed E-state index contributed by atoms with van der Waals surface area (Å²) in [6, 6.07) is 55.7. The Labute approximate surface area is 334 Å². The molecule has 2 fully saturated rings. The van der Waals surface area contributed by atoms with E-state index < -0.39 is 0 Å². The van der Waals surface area contributed by atoms with E-state index in [1.54, 1.807) is 0 Å². The van der Waals surface area contributed by atoms with Crippen LogP contribution in [0.15, 0.2) is 152 Å². The second-order valence-corrected chi connectivity index (χ2v) is 16.9. The van der Waals surface area contributed by atoms with Crippen molar-refractivity contribution < 1.29 is 0 Å². The summed E-state index contributed by atoms with van der Waals surface area (Å²) in [7, 11) is 0. The molecule has 10 rings (SSSR count). The summed E-state index contributed by atoms with van der Waals surface area (Å²) in [5.74, 6) is 4.25. The minimum absolute atomic E-state index is 0.330. The molecular weight excluding hydrogens is 693 g/mol. The smallest absolute Gasteiger partial charge is 0.164 e. The highest BCUT2D eigenvalue weighted by Crippen LogP contribution is 2.54. The van der Waals surface area contributed by atoms with E-state index in [-0.39, 0.29) is 0 Å². The zero-order valence-corrected chi connectivity index (χ0v) is 32.5. The van der Waals surface area contributed by atoms with Crippen LogP contribution in [0.2, 0.25) is 0 Å². The maximum absolute atomic E-state index is 9.44. The minimum atomic E-state index is 0.330. The van der Waals surface area contributed by atoms with Gasteiger partial charge < -0.3 is 0 Å². The van der Waals surface area contributed by atoms with Gasteiger partial charge in [0.1, 0.15) is 0 Å². The van der Waals surface area contributed by atoms with Crippen LogP contribution in [0.4, 0.5) is 0 Å². The highest BCUT2D eigenvalue weighted by atomic mass is 15.0. The van der Waals surface area contributed by atoms with Crippen LogP contribution in [0.3, 0.4) is 0 Å². The first-order chi connectivity index (χ1) is 27.9. The second kappa shape index (κ2) is 14.3. The first-order valence-electron chi connectivity index (χ1n) is 20.4. The van der Waals surface area contributed by atoms with Crippen LogP contribution in [0.5, 0.6) is 0 Å². The Morgan fingerprint density at radius 3 is 1.51 bits per heavy atom. The van der Waals surface area contributed by atoms with E-state index in [2.05, 4.69) is 147 Å². The number of hydrogen-bond donors (Lipinski definition) is 0. The lowest BCUT2D eigenvalue weighted by Gasteiger charge is -2.50. The molecule has 0 saturated heterocycles. The van der Waals surface area contributed by atoms with Crippen molar-refractivity contribution in [2.24, 2.45) is 17.8 Å². The predicted octanol–water partition coefficient (Wildman–Crippen LogP) is 13.5. The monoisotopic (exact) mass is 736 g/mol. The Hall–Kier alpha value is -6.44. The molecule has 4 atom stereocenters. The maximum atomic E-state index is 9.44. The Balaban J connectivity index is 0.984. The average Bonchev–Trinajstić information content (AvgIpc) is 3.25. The normalized spacial score (nSPS) is 20.3. The molecule has 7 aromatic carbocycles. The van der Waals surface area contributed by atoms with E-state index >= 15 is 0 Å². The van der Waals surface area contributed by atoms with Gasteiger partial charge in [-0.1, -0.05) is 135 Å². The van der Waals surface area contributed by atoms with Crippen LogP contribution in [0.1, 0.15) is 57.1 Å². The van der Waals surface area contributed by atoms with Gasteiger partial charge >= 0.3 is 0 Å². The van der Waals surface area contributed by atoms with Crippen LogP contribution in [0, 0.1) is 29.1 Å². The summed E-state index contributed by atoms with van der Waals surface area (Å²) >= 11 is 0. The largest absolute Gasteiger partial charge is 0.208 e. The lowest BCUT2D eigenvalue weighted by Crippen LogP contribution is -2.42. The molecule has 4 heteroatoms. The van der Waals surface area contributed by atoms with Gasteiger partial charge in [-0.15, -0.1) is 0 Å². The van der Waals surface area contributed by atoms with Crippen molar-refractivity contribution in [3.63, 3.8) is 0 Å². The number of nitriles is 1. The summed E-state index contributed by atoms with van der Waals surface area (Å²) < 4.78 is 0. The molecule has 8 aromatic rings. The average molecular weight is 737 g/mol. The highest BCUT2D eigenvalue weighted by molar-refractivity contribution is 6.13. The van der Waals surface area contributed by atoms with Crippen LogP contribution in [0.25, 0.3) is 78.0 Å². The van der Waals surface area contributed by atoms with Crippen molar-refractivity contribution in [3.8, 4) is 62.5 Å². The summed E-state index contributed by atoms with van der Waals surface area (Å²) in [5.41, 5.74) is 9.84. The molecule has 1 unspecified atom stereocenters. The van der Waals surface area contributed by atoms with Crippen molar-refractivity contribution in [3.05, 3.63) is 163 Å². The summed E-state index contributed by atoms with van der Waals surface area (Å²) in [4.78, 5) is 15.0. The van der Waals surface area contributed by atoms with E-state index in [0.717, 1.165) is 40.0 Å². The molecule has 2 saturated carbocycles. The summed E-state index contributed by atoms with van der Waals surface area (Å²) in [5, 5.41) is 14.4. The molecule has 2 aliphatic rings. The van der Waals surface area contributed by atoms with E-state index in [4.69, 9.17) is 15.0 Å². The SMILES string of the molecule is C[C@@H]1C[C@@H]2C[C@H](C)CC(c3ccc(-c4ccc(-c5nc(-c6ccc(C#N)cc6)nc(-c6ccc(-c7cc8ccccc8c8ccccc78)cc6)n5)cc4)cc3)(C1)C2. The number of aromatic nitrogens is 3. The molecule has 0 amide bonds. The van der Waals surface area contributed by atoms with E-state index in [1.165, 1.54) is 75.9 Å². The maximum Gasteiger partial charge on any atom is 0.164 e. The molecule has 4 nitrogen and oxygen atoms in total. The van der Waals surface area contributed by atoms with Gasteiger partial charge in [0.05, 0.1) is 11.6 Å². The van der Waals surface area contributed by atoms with Crippen molar-refractivity contribution in [2.45, 2.75) is 51.4 Å². The Kier molecular flexibility index (Phi) is 8.75. The molecule has 0 aliphatic heterocycles. The zero-order chi connectivity index (χ0) is 38.5. The van der Waals surface area contributed by atoms with Crippen LogP contribution < -0.4 is 0 Å². The molecule has 1 aromatic heterocycles. The molecule has 0 N–H and O–H groups in total. The molecular formula is C53H44N4. The van der Waals surface area contributed by atoms with Gasteiger partial charge in [-0.3, -0.25) is 0 Å².